The Labute approximate surface area is 162 Å². The van der Waals surface area contributed by atoms with E-state index in [4.69, 9.17) is 0 Å². The van der Waals surface area contributed by atoms with Crippen LogP contribution in [0, 0.1) is 12.8 Å². The molecule has 5 heteroatoms. The van der Waals surface area contributed by atoms with Crippen LogP contribution in [0.2, 0.25) is 0 Å². The van der Waals surface area contributed by atoms with Gasteiger partial charge in [0.25, 0.3) is 5.91 Å². The normalized spacial score (nSPS) is 24.3. The van der Waals surface area contributed by atoms with Crippen molar-refractivity contribution >= 4 is 11.9 Å². The van der Waals surface area contributed by atoms with Crippen molar-refractivity contribution in [2.75, 3.05) is 19.6 Å². The summed E-state index contributed by atoms with van der Waals surface area (Å²) in [6.07, 6.45) is 2.48. The quantitative estimate of drug-likeness (QED) is 0.617. The summed E-state index contributed by atoms with van der Waals surface area (Å²) >= 11 is 0. The molecule has 27 heavy (non-hydrogen) atoms. The molecule has 0 radical (unpaired) electrons. The number of piperidine rings is 1. The minimum Gasteiger partial charge on any atom is -0.323 e. The van der Waals surface area contributed by atoms with Crippen molar-refractivity contribution in [2.45, 2.75) is 52.1 Å². The number of hydrogen-bond acceptors (Lipinski definition) is 3. The van der Waals surface area contributed by atoms with E-state index in [2.05, 4.69) is 48.0 Å². The minimum absolute atomic E-state index is 0.0741. The molecule has 3 amide bonds. The molecule has 2 saturated heterocycles. The Hall–Kier alpha value is -2.14. The maximum Gasteiger partial charge on any atom is 0.325 e. The number of imide groups is 1. The maximum absolute atomic E-state index is 13.1. The Bertz CT molecular complexity index is 720. The molecule has 5 nitrogen and oxygen atoms in total. The molecule has 0 spiro atoms. The van der Waals surface area contributed by atoms with E-state index >= 15 is 0 Å². The van der Waals surface area contributed by atoms with Crippen molar-refractivity contribution in [3.8, 4) is 0 Å². The number of amides is 3. The largest absolute Gasteiger partial charge is 0.325 e. The van der Waals surface area contributed by atoms with Crippen molar-refractivity contribution < 1.29 is 9.59 Å². The third-order valence-corrected chi connectivity index (χ3v) is 6.00. The second-order valence-electron chi connectivity index (χ2n) is 8.14. The lowest BCUT2D eigenvalue weighted by molar-refractivity contribution is -0.134. The standard InChI is InChI=1S/C22H31N3O2/c1-5-22(20(26)25(14-16(2)3)21(27)23-22)19-10-12-24(13-11-19)15-18-8-6-17(4)7-9-18/h6-9,19H,2,5,10-15H2,1,3-4H3,(H,23,27)/t22-/m0/s1. The van der Waals surface area contributed by atoms with Gasteiger partial charge in [-0.05, 0) is 57.7 Å². The van der Waals surface area contributed by atoms with E-state index in [1.165, 1.54) is 16.0 Å². The molecule has 2 heterocycles. The monoisotopic (exact) mass is 369 g/mol. The van der Waals surface area contributed by atoms with E-state index in [1.54, 1.807) is 0 Å². The molecule has 0 aliphatic carbocycles. The van der Waals surface area contributed by atoms with Gasteiger partial charge in [0, 0.05) is 6.54 Å². The molecule has 1 N–H and O–H groups in total. The fourth-order valence-electron chi connectivity index (χ4n) is 4.40. The van der Waals surface area contributed by atoms with Crippen molar-refractivity contribution in [3.05, 3.63) is 47.5 Å². The molecule has 2 fully saturated rings. The summed E-state index contributed by atoms with van der Waals surface area (Å²) in [6.45, 7) is 12.9. The Morgan fingerprint density at radius 3 is 2.41 bits per heavy atom. The first-order valence-electron chi connectivity index (χ1n) is 9.92. The lowest BCUT2D eigenvalue weighted by Crippen LogP contribution is -2.55. The predicted molar refractivity (Wildman–Crippen MR) is 107 cm³/mol. The number of rotatable bonds is 6. The van der Waals surface area contributed by atoms with Crippen LogP contribution in [0.3, 0.4) is 0 Å². The highest BCUT2D eigenvalue weighted by Crippen LogP contribution is 2.36. The molecule has 0 bridgehead atoms. The lowest BCUT2D eigenvalue weighted by atomic mass is 9.75. The van der Waals surface area contributed by atoms with Gasteiger partial charge < -0.3 is 5.32 Å². The highest BCUT2D eigenvalue weighted by molar-refractivity contribution is 6.07. The zero-order valence-electron chi connectivity index (χ0n) is 16.8. The maximum atomic E-state index is 13.1. The van der Waals surface area contributed by atoms with Crippen LogP contribution >= 0.6 is 0 Å². The van der Waals surface area contributed by atoms with Gasteiger partial charge in [0.15, 0.2) is 0 Å². The number of nitrogens with one attached hydrogen (secondary N) is 1. The number of aryl methyl sites for hydroxylation is 1. The van der Waals surface area contributed by atoms with Crippen molar-refractivity contribution in [1.82, 2.24) is 15.1 Å². The number of benzene rings is 1. The summed E-state index contributed by atoms with van der Waals surface area (Å²) in [5.74, 6) is 0.110. The second-order valence-corrected chi connectivity index (χ2v) is 8.14. The first-order chi connectivity index (χ1) is 12.9. The first kappa shape index (κ1) is 19.6. The molecule has 0 saturated carbocycles. The van der Waals surface area contributed by atoms with Crippen molar-refractivity contribution in [2.24, 2.45) is 5.92 Å². The predicted octanol–water partition coefficient (Wildman–Crippen LogP) is 3.48. The summed E-state index contributed by atoms with van der Waals surface area (Å²) < 4.78 is 0. The number of urea groups is 1. The van der Waals surface area contributed by atoms with Crippen LogP contribution in [-0.2, 0) is 11.3 Å². The van der Waals surface area contributed by atoms with Gasteiger partial charge >= 0.3 is 6.03 Å². The third kappa shape index (κ3) is 3.93. The molecule has 0 aromatic heterocycles. The van der Waals surface area contributed by atoms with Gasteiger partial charge in [-0.15, -0.1) is 0 Å². The molecule has 1 aromatic rings. The number of carbonyl (C=O) groups excluding carboxylic acids is 2. The summed E-state index contributed by atoms with van der Waals surface area (Å²) in [5, 5.41) is 3.04. The van der Waals surface area contributed by atoms with Gasteiger partial charge in [0.05, 0.1) is 6.54 Å². The van der Waals surface area contributed by atoms with Gasteiger partial charge in [0.1, 0.15) is 5.54 Å². The Morgan fingerprint density at radius 2 is 1.85 bits per heavy atom. The summed E-state index contributed by atoms with van der Waals surface area (Å²) in [4.78, 5) is 29.3. The van der Waals surface area contributed by atoms with E-state index in [-0.39, 0.29) is 17.9 Å². The lowest BCUT2D eigenvalue weighted by Gasteiger charge is -2.40. The van der Waals surface area contributed by atoms with Crippen LogP contribution in [0.5, 0.6) is 0 Å². The van der Waals surface area contributed by atoms with Crippen LogP contribution in [0.1, 0.15) is 44.2 Å². The zero-order chi connectivity index (χ0) is 19.6. The van der Waals surface area contributed by atoms with Crippen LogP contribution in [0.15, 0.2) is 36.4 Å². The topological polar surface area (TPSA) is 52.7 Å². The van der Waals surface area contributed by atoms with Crippen LogP contribution in [-0.4, -0.2) is 46.9 Å². The van der Waals surface area contributed by atoms with E-state index in [0.29, 0.717) is 13.0 Å². The van der Waals surface area contributed by atoms with Gasteiger partial charge in [-0.3, -0.25) is 14.6 Å². The summed E-state index contributed by atoms with van der Waals surface area (Å²) in [6, 6.07) is 8.40. The third-order valence-electron chi connectivity index (χ3n) is 6.00. The van der Waals surface area contributed by atoms with Gasteiger partial charge in [0.2, 0.25) is 0 Å². The molecular weight excluding hydrogens is 338 g/mol. The number of nitrogens with zero attached hydrogens (tertiary/aromatic N) is 2. The molecule has 1 aromatic carbocycles. The molecular formula is C22H31N3O2. The number of likely N-dealkylation sites (tertiary alicyclic amines) is 1. The average Bonchev–Trinajstić information content (AvgIpc) is 2.89. The fraction of sp³-hybridized carbons (Fsp3) is 0.545. The highest BCUT2D eigenvalue weighted by atomic mass is 16.2. The number of hydrogen-bond donors (Lipinski definition) is 1. The van der Waals surface area contributed by atoms with Crippen molar-refractivity contribution in [1.29, 1.82) is 0 Å². The number of carbonyl (C=O) groups is 2. The molecule has 2 aliphatic heterocycles. The van der Waals surface area contributed by atoms with Gasteiger partial charge in [-0.2, -0.15) is 0 Å². The van der Waals surface area contributed by atoms with Gasteiger partial charge in [-0.25, -0.2) is 4.79 Å². The molecule has 1 atom stereocenters. The van der Waals surface area contributed by atoms with Gasteiger partial charge in [-0.1, -0.05) is 48.9 Å². The first-order valence-corrected chi connectivity index (χ1v) is 9.92. The SMILES string of the molecule is C=C(C)CN1C(=O)N[C@@](CC)(C2CCN(Cc3ccc(C)cc3)CC2)C1=O. The minimum atomic E-state index is -0.748. The van der Waals surface area contributed by atoms with E-state index in [0.717, 1.165) is 38.0 Å². The zero-order valence-corrected chi connectivity index (χ0v) is 16.8. The smallest absolute Gasteiger partial charge is 0.323 e. The van der Waals surface area contributed by atoms with E-state index in [1.807, 2.05) is 13.8 Å². The highest BCUT2D eigenvalue weighted by Gasteiger charge is 2.54. The molecule has 0 unspecified atom stereocenters. The van der Waals surface area contributed by atoms with Crippen molar-refractivity contribution in [3.63, 3.8) is 0 Å². The van der Waals surface area contributed by atoms with Crippen LogP contribution in [0.4, 0.5) is 4.79 Å². The molecule has 3 rings (SSSR count). The van der Waals surface area contributed by atoms with Crippen LogP contribution in [0.25, 0.3) is 0 Å². The average molecular weight is 370 g/mol. The fourth-order valence-corrected chi connectivity index (χ4v) is 4.40. The Balaban J connectivity index is 1.65. The Kier molecular flexibility index (Phi) is 5.70. The van der Waals surface area contributed by atoms with Crippen LogP contribution < -0.4 is 5.32 Å². The molecule has 146 valence electrons. The summed E-state index contributed by atoms with van der Waals surface area (Å²) in [5.41, 5.74) is 2.67. The summed E-state index contributed by atoms with van der Waals surface area (Å²) in [7, 11) is 0. The Morgan fingerprint density at radius 1 is 1.22 bits per heavy atom. The van der Waals surface area contributed by atoms with E-state index in [9.17, 15) is 9.59 Å². The van der Waals surface area contributed by atoms with E-state index < -0.39 is 5.54 Å². The second kappa shape index (κ2) is 7.85. The molecule has 2 aliphatic rings.